The van der Waals surface area contributed by atoms with Gasteiger partial charge in [-0.05, 0) is 74.6 Å². The van der Waals surface area contributed by atoms with Gasteiger partial charge in [0.25, 0.3) is 0 Å². The van der Waals surface area contributed by atoms with Crippen molar-refractivity contribution in [2.24, 2.45) is 5.92 Å². The Bertz CT molecular complexity index is 1040. The highest BCUT2D eigenvalue weighted by Gasteiger charge is 2.34. The maximum absolute atomic E-state index is 13.1. The predicted molar refractivity (Wildman–Crippen MR) is 119 cm³/mol. The molecule has 0 saturated carbocycles. The van der Waals surface area contributed by atoms with Crippen LogP contribution in [0.5, 0.6) is 0 Å². The molecular formula is C25H31NO3S. The largest absolute Gasteiger partial charge is 0.299 e. The van der Waals surface area contributed by atoms with Gasteiger partial charge in [0, 0.05) is 25.4 Å². The van der Waals surface area contributed by atoms with Gasteiger partial charge in [0.1, 0.15) is 5.78 Å². The first kappa shape index (κ1) is 21.3. The van der Waals surface area contributed by atoms with Crippen LogP contribution in [0.2, 0.25) is 0 Å². The molecule has 1 heterocycles. The highest BCUT2D eigenvalue weighted by molar-refractivity contribution is 7.89. The molecule has 0 amide bonds. The summed E-state index contributed by atoms with van der Waals surface area (Å²) in [6.07, 6.45) is 5.15. The molecule has 0 aromatic heterocycles. The van der Waals surface area contributed by atoms with Crippen LogP contribution in [0.4, 0.5) is 0 Å². The monoisotopic (exact) mass is 425 g/mol. The second-order valence-corrected chi connectivity index (χ2v) is 10.8. The molecule has 2 aliphatic rings. The van der Waals surface area contributed by atoms with Gasteiger partial charge < -0.3 is 0 Å². The highest BCUT2D eigenvalue weighted by Crippen LogP contribution is 2.36. The summed E-state index contributed by atoms with van der Waals surface area (Å²) in [7, 11) is -3.50. The second kappa shape index (κ2) is 8.64. The number of fused-ring (bicyclic) bond motifs is 1. The van der Waals surface area contributed by atoms with Crippen LogP contribution < -0.4 is 0 Å². The molecule has 4 rings (SSSR count). The summed E-state index contributed by atoms with van der Waals surface area (Å²) in [5.41, 5.74) is 4.56. The number of sulfonamides is 1. The zero-order valence-corrected chi connectivity index (χ0v) is 18.7. The summed E-state index contributed by atoms with van der Waals surface area (Å²) in [6, 6.07) is 14.0. The van der Waals surface area contributed by atoms with Gasteiger partial charge in [-0.3, -0.25) is 4.79 Å². The molecule has 2 aromatic carbocycles. The maximum atomic E-state index is 13.1. The van der Waals surface area contributed by atoms with Crippen molar-refractivity contribution in [2.45, 2.75) is 63.2 Å². The van der Waals surface area contributed by atoms with E-state index in [4.69, 9.17) is 0 Å². The van der Waals surface area contributed by atoms with E-state index in [1.807, 2.05) is 26.0 Å². The molecule has 0 bridgehead atoms. The number of aryl methyl sites for hydroxylation is 3. The van der Waals surface area contributed by atoms with Crippen molar-refractivity contribution < 1.29 is 13.2 Å². The van der Waals surface area contributed by atoms with Crippen LogP contribution in [0, 0.1) is 19.8 Å². The van der Waals surface area contributed by atoms with E-state index in [0.717, 1.165) is 30.4 Å². The highest BCUT2D eigenvalue weighted by atomic mass is 32.2. The minimum absolute atomic E-state index is 0.0235. The smallest absolute Gasteiger partial charge is 0.243 e. The number of benzene rings is 2. The van der Waals surface area contributed by atoms with Gasteiger partial charge in [-0.1, -0.05) is 42.0 Å². The molecule has 5 heteroatoms. The molecule has 1 saturated heterocycles. The van der Waals surface area contributed by atoms with E-state index in [-0.39, 0.29) is 5.92 Å². The third-order valence-electron chi connectivity index (χ3n) is 6.80. The van der Waals surface area contributed by atoms with Crippen molar-refractivity contribution in [1.29, 1.82) is 0 Å². The Morgan fingerprint density at radius 2 is 1.77 bits per heavy atom. The molecule has 0 radical (unpaired) electrons. The number of rotatable bonds is 5. The quantitative estimate of drug-likeness (QED) is 0.692. The Labute approximate surface area is 180 Å². The lowest BCUT2D eigenvalue weighted by atomic mass is 9.78. The minimum Gasteiger partial charge on any atom is -0.299 e. The molecule has 30 heavy (non-hydrogen) atoms. The normalized spacial score (nSPS) is 20.7. The summed E-state index contributed by atoms with van der Waals surface area (Å²) in [5, 5.41) is 0. The lowest BCUT2D eigenvalue weighted by Gasteiger charge is -2.32. The number of hydrogen-bond acceptors (Lipinski definition) is 3. The van der Waals surface area contributed by atoms with E-state index in [9.17, 15) is 13.2 Å². The van der Waals surface area contributed by atoms with Crippen molar-refractivity contribution in [2.75, 3.05) is 13.1 Å². The van der Waals surface area contributed by atoms with E-state index < -0.39 is 10.0 Å². The van der Waals surface area contributed by atoms with Gasteiger partial charge >= 0.3 is 0 Å². The van der Waals surface area contributed by atoms with Crippen molar-refractivity contribution in [3.63, 3.8) is 0 Å². The number of hydrogen-bond donors (Lipinski definition) is 0. The van der Waals surface area contributed by atoms with Crippen LogP contribution in [0.1, 0.15) is 60.3 Å². The summed E-state index contributed by atoms with van der Waals surface area (Å²) in [5.74, 6) is 0.601. The Kier molecular flexibility index (Phi) is 6.12. The average molecular weight is 426 g/mol. The molecule has 1 aliphatic heterocycles. The number of carbonyl (C=O) groups excluding carboxylic acids is 1. The van der Waals surface area contributed by atoms with Crippen molar-refractivity contribution >= 4 is 15.8 Å². The zero-order valence-electron chi connectivity index (χ0n) is 17.9. The fraction of sp³-hybridized carbons (Fsp3) is 0.480. The molecule has 1 atom stereocenters. The van der Waals surface area contributed by atoms with E-state index in [1.54, 1.807) is 10.4 Å². The molecule has 1 aliphatic carbocycles. The molecule has 0 N–H and O–H groups in total. The SMILES string of the molecule is Cc1ccc(S(=O)(=O)N2CCC(C(=O)CC3CCCc4ccccc43)CC2)c(C)c1. The Hall–Kier alpha value is -1.98. The zero-order chi connectivity index (χ0) is 21.3. The van der Waals surface area contributed by atoms with Crippen LogP contribution in [-0.4, -0.2) is 31.6 Å². The number of carbonyl (C=O) groups is 1. The van der Waals surface area contributed by atoms with Gasteiger partial charge in [-0.25, -0.2) is 8.42 Å². The number of piperidine rings is 1. The first-order valence-corrected chi connectivity index (χ1v) is 12.5. The Morgan fingerprint density at radius 1 is 1.03 bits per heavy atom. The molecule has 2 aromatic rings. The molecule has 0 spiro atoms. The third kappa shape index (κ3) is 4.23. The standard InChI is InChI=1S/C25H31NO3S/c1-18-10-11-25(19(2)16-18)30(28,29)26-14-12-21(13-15-26)24(27)17-22-8-5-7-20-6-3-4-9-23(20)22/h3-4,6,9-11,16,21-22H,5,7-8,12-15,17H2,1-2H3. The number of nitrogens with zero attached hydrogens (tertiary/aromatic N) is 1. The summed E-state index contributed by atoms with van der Waals surface area (Å²) < 4.78 is 27.7. The van der Waals surface area contributed by atoms with Crippen LogP contribution in [-0.2, 0) is 21.2 Å². The van der Waals surface area contributed by atoms with E-state index in [2.05, 4.69) is 24.3 Å². The van der Waals surface area contributed by atoms with Gasteiger partial charge in [0.05, 0.1) is 4.90 Å². The fourth-order valence-corrected chi connectivity index (χ4v) is 6.80. The Balaban J connectivity index is 1.39. The molecular weight excluding hydrogens is 394 g/mol. The van der Waals surface area contributed by atoms with E-state index >= 15 is 0 Å². The molecule has 160 valence electrons. The number of Topliss-reactive ketones (excluding diaryl/α,β-unsaturated/α-hetero) is 1. The summed E-state index contributed by atoms with van der Waals surface area (Å²) in [4.78, 5) is 13.4. The van der Waals surface area contributed by atoms with Gasteiger partial charge in [-0.2, -0.15) is 4.31 Å². The summed E-state index contributed by atoms with van der Waals surface area (Å²) >= 11 is 0. The first-order valence-electron chi connectivity index (χ1n) is 11.0. The average Bonchev–Trinajstić information content (AvgIpc) is 2.74. The van der Waals surface area contributed by atoms with E-state index in [0.29, 0.717) is 48.9 Å². The Morgan fingerprint density at radius 3 is 2.50 bits per heavy atom. The van der Waals surface area contributed by atoms with Crippen molar-refractivity contribution in [3.05, 3.63) is 64.7 Å². The lowest BCUT2D eigenvalue weighted by molar-refractivity contribution is -0.124. The topological polar surface area (TPSA) is 54.5 Å². The summed E-state index contributed by atoms with van der Waals surface area (Å²) in [6.45, 7) is 4.66. The molecule has 1 unspecified atom stereocenters. The van der Waals surface area contributed by atoms with Gasteiger partial charge in [-0.15, -0.1) is 0 Å². The van der Waals surface area contributed by atoms with Crippen molar-refractivity contribution in [1.82, 2.24) is 4.31 Å². The number of ketones is 1. The first-order chi connectivity index (χ1) is 14.4. The van der Waals surface area contributed by atoms with Gasteiger partial charge in [0.15, 0.2) is 0 Å². The predicted octanol–water partition coefficient (Wildman–Crippen LogP) is 4.78. The second-order valence-electron chi connectivity index (χ2n) is 8.91. The molecule has 4 nitrogen and oxygen atoms in total. The van der Waals surface area contributed by atoms with Crippen LogP contribution >= 0.6 is 0 Å². The lowest BCUT2D eigenvalue weighted by Crippen LogP contribution is -2.40. The minimum atomic E-state index is -3.50. The maximum Gasteiger partial charge on any atom is 0.243 e. The third-order valence-corrected chi connectivity index (χ3v) is 8.86. The van der Waals surface area contributed by atoms with Gasteiger partial charge in [0.2, 0.25) is 10.0 Å². The van der Waals surface area contributed by atoms with Crippen LogP contribution in [0.25, 0.3) is 0 Å². The van der Waals surface area contributed by atoms with Crippen LogP contribution in [0.15, 0.2) is 47.4 Å². The van der Waals surface area contributed by atoms with E-state index in [1.165, 1.54) is 11.1 Å². The molecule has 1 fully saturated rings. The van der Waals surface area contributed by atoms with Crippen LogP contribution in [0.3, 0.4) is 0 Å². The van der Waals surface area contributed by atoms with Crippen molar-refractivity contribution in [3.8, 4) is 0 Å². The fourth-order valence-electron chi connectivity index (χ4n) is 5.12.